The van der Waals surface area contributed by atoms with E-state index in [0.717, 1.165) is 5.56 Å². The van der Waals surface area contributed by atoms with Crippen LogP contribution in [0.5, 0.6) is 0 Å². The van der Waals surface area contributed by atoms with Crippen molar-refractivity contribution in [1.29, 1.82) is 0 Å². The maximum Gasteiger partial charge on any atom is 0.339 e. The molecule has 0 aliphatic carbocycles. The van der Waals surface area contributed by atoms with Gasteiger partial charge in [-0.3, -0.25) is 19.8 Å². The molecule has 1 aliphatic heterocycles. The van der Waals surface area contributed by atoms with E-state index in [2.05, 4.69) is 9.88 Å². The Hall–Kier alpha value is -3.20. The number of aromatic nitrogens is 1. The zero-order valence-electron chi connectivity index (χ0n) is 17.4. The number of nitro groups is 1. The van der Waals surface area contributed by atoms with Crippen LogP contribution in [0.3, 0.4) is 0 Å². The van der Waals surface area contributed by atoms with Crippen molar-refractivity contribution in [1.82, 2.24) is 14.8 Å². The first kappa shape index (κ1) is 21.5. The number of ether oxygens (including phenoxy) is 1. The molecule has 160 valence electrons. The zero-order valence-corrected chi connectivity index (χ0v) is 17.4. The van der Waals surface area contributed by atoms with E-state index in [0.29, 0.717) is 61.7 Å². The molecule has 2 heterocycles. The SMILES string of the molecule is CCc1[nH]c(C(=O)N2CCN(Cc3cccc([N+](=O)[O-])c3)CC2)c(C)c1C(=O)OC. The lowest BCUT2D eigenvalue weighted by atomic mass is 10.1. The van der Waals surface area contributed by atoms with Gasteiger partial charge in [0.2, 0.25) is 0 Å². The molecule has 9 heteroatoms. The minimum atomic E-state index is -0.443. The van der Waals surface area contributed by atoms with Crippen LogP contribution < -0.4 is 0 Å². The van der Waals surface area contributed by atoms with Crippen LogP contribution in [-0.2, 0) is 17.7 Å². The minimum Gasteiger partial charge on any atom is -0.465 e. The van der Waals surface area contributed by atoms with Crippen molar-refractivity contribution in [2.24, 2.45) is 0 Å². The third kappa shape index (κ3) is 4.35. The van der Waals surface area contributed by atoms with Crippen LogP contribution in [0.25, 0.3) is 0 Å². The quantitative estimate of drug-likeness (QED) is 0.442. The van der Waals surface area contributed by atoms with E-state index in [9.17, 15) is 19.7 Å². The van der Waals surface area contributed by atoms with Gasteiger partial charge in [-0.25, -0.2) is 4.79 Å². The molecule has 30 heavy (non-hydrogen) atoms. The van der Waals surface area contributed by atoms with Crippen molar-refractivity contribution >= 4 is 17.6 Å². The number of nitrogens with zero attached hydrogens (tertiary/aromatic N) is 3. The molecule has 0 spiro atoms. The molecular formula is C21H26N4O5. The first-order valence-electron chi connectivity index (χ1n) is 9.90. The molecule has 0 saturated carbocycles. The summed E-state index contributed by atoms with van der Waals surface area (Å²) in [4.78, 5) is 42.7. The van der Waals surface area contributed by atoms with Gasteiger partial charge in [-0.2, -0.15) is 0 Å². The average Bonchev–Trinajstić information content (AvgIpc) is 3.09. The molecule has 3 rings (SSSR count). The van der Waals surface area contributed by atoms with Crippen molar-refractivity contribution in [3.05, 3.63) is 62.5 Å². The van der Waals surface area contributed by atoms with E-state index in [-0.39, 0.29) is 11.6 Å². The maximum atomic E-state index is 13.0. The lowest BCUT2D eigenvalue weighted by Gasteiger charge is -2.34. The number of aromatic amines is 1. The number of H-pyrrole nitrogens is 1. The summed E-state index contributed by atoms with van der Waals surface area (Å²) in [7, 11) is 1.33. The molecule has 0 atom stereocenters. The third-order valence-corrected chi connectivity index (χ3v) is 5.47. The Morgan fingerprint density at radius 2 is 1.93 bits per heavy atom. The molecule has 1 aromatic heterocycles. The molecule has 1 aromatic carbocycles. The minimum absolute atomic E-state index is 0.0803. The molecule has 1 N–H and O–H groups in total. The number of carbonyl (C=O) groups excluding carboxylic acids is 2. The number of amides is 1. The molecule has 1 amide bonds. The Labute approximate surface area is 174 Å². The van der Waals surface area contributed by atoms with Crippen LogP contribution in [0.4, 0.5) is 5.69 Å². The summed E-state index contributed by atoms with van der Waals surface area (Å²) >= 11 is 0. The Morgan fingerprint density at radius 3 is 2.53 bits per heavy atom. The fraction of sp³-hybridized carbons (Fsp3) is 0.429. The van der Waals surface area contributed by atoms with Gasteiger partial charge in [0, 0.05) is 50.6 Å². The number of rotatable bonds is 6. The summed E-state index contributed by atoms with van der Waals surface area (Å²) in [5.74, 6) is -0.575. The smallest absolute Gasteiger partial charge is 0.339 e. The first-order valence-corrected chi connectivity index (χ1v) is 9.90. The highest BCUT2D eigenvalue weighted by molar-refractivity contribution is 6.00. The molecule has 9 nitrogen and oxygen atoms in total. The van der Waals surface area contributed by atoms with Crippen LogP contribution in [-0.4, -0.2) is 64.9 Å². The largest absolute Gasteiger partial charge is 0.465 e. The molecule has 0 unspecified atom stereocenters. The van der Waals surface area contributed by atoms with Gasteiger partial charge in [0.1, 0.15) is 5.69 Å². The van der Waals surface area contributed by atoms with Crippen LogP contribution in [0.1, 0.15) is 44.6 Å². The van der Waals surface area contributed by atoms with Crippen molar-refractivity contribution in [3.8, 4) is 0 Å². The van der Waals surface area contributed by atoms with Crippen LogP contribution in [0, 0.1) is 17.0 Å². The van der Waals surface area contributed by atoms with E-state index in [1.165, 1.54) is 13.2 Å². The van der Waals surface area contributed by atoms with E-state index in [1.54, 1.807) is 24.0 Å². The number of nitrogens with one attached hydrogen (secondary N) is 1. The zero-order chi connectivity index (χ0) is 21.8. The fourth-order valence-corrected chi connectivity index (χ4v) is 3.81. The second-order valence-electron chi connectivity index (χ2n) is 7.32. The Morgan fingerprint density at radius 1 is 1.23 bits per heavy atom. The maximum absolute atomic E-state index is 13.0. The summed E-state index contributed by atoms with van der Waals surface area (Å²) < 4.78 is 4.86. The second kappa shape index (κ2) is 9.08. The van der Waals surface area contributed by atoms with Gasteiger partial charge in [0.15, 0.2) is 0 Å². The van der Waals surface area contributed by atoms with Gasteiger partial charge in [0.25, 0.3) is 11.6 Å². The predicted molar refractivity (Wildman–Crippen MR) is 111 cm³/mol. The monoisotopic (exact) mass is 414 g/mol. The lowest BCUT2D eigenvalue weighted by molar-refractivity contribution is -0.384. The van der Waals surface area contributed by atoms with Gasteiger partial charge >= 0.3 is 5.97 Å². The van der Waals surface area contributed by atoms with Gasteiger partial charge in [-0.05, 0) is 24.5 Å². The fourth-order valence-electron chi connectivity index (χ4n) is 3.81. The molecule has 1 saturated heterocycles. The highest BCUT2D eigenvalue weighted by atomic mass is 16.6. The van der Waals surface area contributed by atoms with E-state index < -0.39 is 10.9 Å². The molecule has 0 radical (unpaired) electrons. The first-order chi connectivity index (χ1) is 14.3. The van der Waals surface area contributed by atoms with Crippen LogP contribution >= 0.6 is 0 Å². The van der Waals surface area contributed by atoms with Crippen molar-refractivity contribution in [2.45, 2.75) is 26.8 Å². The van der Waals surface area contributed by atoms with Crippen molar-refractivity contribution in [2.75, 3.05) is 33.3 Å². The average molecular weight is 414 g/mol. The number of hydrogen-bond acceptors (Lipinski definition) is 6. The van der Waals surface area contributed by atoms with Crippen LogP contribution in [0.2, 0.25) is 0 Å². The van der Waals surface area contributed by atoms with Gasteiger partial charge in [0.05, 0.1) is 17.6 Å². The summed E-state index contributed by atoms with van der Waals surface area (Å²) in [5, 5.41) is 11.0. The summed E-state index contributed by atoms with van der Waals surface area (Å²) in [6.07, 6.45) is 0.593. The lowest BCUT2D eigenvalue weighted by Crippen LogP contribution is -2.48. The Kier molecular flexibility index (Phi) is 6.51. The number of piperazine rings is 1. The number of aryl methyl sites for hydroxylation is 1. The Balaban J connectivity index is 1.66. The Bertz CT molecular complexity index is 960. The second-order valence-corrected chi connectivity index (χ2v) is 7.32. The number of carbonyl (C=O) groups is 2. The highest BCUT2D eigenvalue weighted by Gasteiger charge is 2.28. The molecule has 1 fully saturated rings. The van der Waals surface area contributed by atoms with Gasteiger partial charge < -0.3 is 14.6 Å². The van der Waals surface area contributed by atoms with Crippen molar-refractivity contribution in [3.63, 3.8) is 0 Å². The molecule has 1 aliphatic rings. The summed E-state index contributed by atoms with van der Waals surface area (Å²) in [6, 6.07) is 6.62. The van der Waals surface area contributed by atoms with Crippen molar-refractivity contribution < 1.29 is 19.2 Å². The number of esters is 1. The normalized spacial score (nSPS) is 14.6. The van der Waals surface area contributed by atoms with E-state index in [1.807, 2.05) is 13.0 Å². The molecule has 0 bridgehead atoms. The predicted octanol–water partition coefficient (Wildman–Crippen LogP) is 2.54. The summed E-state index contributed by atoms with van der Waals surface area (Å²) in [6.45, 7) is 6.68. The highest BCUT2D eigenvalue weighted by Crippen LogP contribution is 2.22. The number of non-ortho nitro benzene ring substituents is 1. The molecule has 2 aromatic rings. The number of nitro benzene ring substituents is 1. The molecular weight excluding hydrogens is 388 g/mol. The number of hydrogen-bond donors (Lipinski definition) is 1. The number of methoxy groups -OCH3 is 1. The number of benzene rings is 1. The van der Waals surface area contributed by atoms with E-state index in [4.69, 9.17) is 4.74 Å². The third-order valence-electron chi connectivity index (χ3n) is 5.47. The van der Waals surface area contributed by atoms with Gasteiger partial charge in [-0.1, -0.05) is 19.1 Å². The standard InChI is InChI=1S/C21H26N4O5/c1-4-17-18(21(27)30-3)14(2)19(22-17)20(26)24-10-8-23(9-11-24)13-15-6-5-7-16(12-15)25(28)29/h5-7,12,22H,4,8-11,13H2,1-3H3. The van der Waals surface area contributed by atoms with E-state index >= 15 is 0 Å². The topological polar surface area (TPSA) is 109 Å². The summed E-state index contributed by atoms with van der Waals surface area (Å²) in [5.41, 5.74) is 3.14. The van der Waals surface area contributed by atoms with Crippen LogP contribution in [0.15, 0.2) is 24.3 Å². The van der Waals surface area contributed by atoms with Gasteiger partial charge in [-0.15, -0.1) is 0 Å².